The SMILES string of the molecule is COc1cc([C@H]2Oc3c(OC)cc([C@@H](O)[C@H](CO)O[C@@H]4O[C@H](CO)[C@@H](O)[C@H](O)[C@H]4O)cc3[C@@H]2CO)ccc1O. The molecule has 2 aromatic rings. The van der Waals surface area contributed by atoms with Crippen molar-refractivity contribution >= 4 is 0 Å². The van der Waals surface area contributed by atoms with Crippen LogP contribution in [0.2, 0.25) is 0 Å². The highest BCUT2D eigenvalue weighted by molar-refractivity contribution is 5.56. The molecule has 0 bridgehead atoms. The topological polar surface area (TPSA) is 208 Å². The molecule has 0 spiro atoms. The van der Waals surface area contributed by atoms with E-state index < -0.39 is 68.1 Å². The Morgan fingerprint density at radius 3 is 2.23 bits per heavy atom. The van der Waals surface area contributed by atoms with Gasteiger partial charge in [0, 0.05) is 5.56 Å². The van der Waals surface area contributed by atoms with E-state index in [4.69, 9.17) is 23.7 Å². The number of aromatic hydroxyl groups is 1. The van der Waals surface area contributed by atoms with Crippen LogP contribution in [0.5, 0.6) is 23.0 Å². The van der Waals surface area contributed by atoms with E-state index in [0.717, 1.165) is 0 Å². The number of phenolic OH excluding ortho intramolecular Hbond substituents is 1. The normalized spacial score (nSPS) is 29.8. The predicted molar refractivity (Wildman–Crippen MR) is 132 cm³/mol. The molecule has 0 unspecified atom stereocenters. The van der Waals surface area contributed by atoms with Gasteiger partial charge in [-0.25, -0.2) is 0 Å². The Morgan fingerprint density at radius 2 is 1.62 bits per heavy atom. The Bertz CT molecular complexity index is 1130. The Balaban J connectivity index is 1.62. The molecule has 2 heterocycles. The number of aliphatic hydroxyl groups is 7. The molecular weight excluding hydrogens is 520 g/mol. The van der Waals surface area contributed by atoms with E-state index in [1.165, 1.54) is 26.4 Å². The van der Waals surface area contributed by atoms with Crippen LogP contribution in [0.25, 0.3) is 0 Å². The highest BCUT2D eigenvalue weighted by Gasteiger charge is 2.46. The van der Waals surface area contributed by atoms with E-state index >= 15 is 0 Å². The number of hydrogen-bond donors (Lipinski definition) is 8. The quantitative estimate of drug-likeness (QED) is 0.174. The third-order valence-electron chi connectivity index (χ3n) is 7.10. The van der Waals surface area contributed by atoms with E-state index in [9.17, 15) is 40.9 Å². The van der Waals surface area contributed by atoms with Gasteiger partial charge in [0.15, 0.2) is 29.3 Å². The molecule has 2 aromatic carbocycles. The fourth-order valence-corrected chi connectivity index (χ4v) is 4.89. The first-order valence-corrected chi connectivity index (χ1v) is 12.3. The summed E-state index contributed by atoms with van der Waals surface area (Å²) in [5, 5.41) is 81.1. The molecule has 2 aliphatic rings. The van der Waals surface area contributed by atoms with Crippen molar-refractivity contribution in [3.63, 3.8) is 0 Å². The van der Waals surface area contributed by atoms with Crippen LogP contribution in [-0.4, -0.2) is 112 Å². The summed E-state index contributed by atoms with van der Waals surface area (Å²) in [5.41, 5.74) is 1.34. The molecule has 8 N–H and O–H groups in total. The lowest BCUT2D eigenvalue weighted by Crippen LogP contribution is -2.60. The van der Waals surface area contributed by atoms with Gasteiger partial charge in [-0.15, -0.1) is 0 Å². The first-order chi connectivity index (χ1) is 18.7. The summed E-state index contributed by atoms with van der Waals surface area (Å²) >= 11 is 0. The minimum Gasteiger partial charge on any atom is -0.504 e. The molecule has 2 aliphatic heterocycles. The van der Waals surface area contributed by atoms with Gasteiger partial charge in [-0.3, -0.25) is 0 Å². The van der Waals surface area contributed by atoms with Gasteiger partial charge >= 0.3 is 0 Å². The van der Waals surface area contributed by atoms with Crippen LogP contribution in [0.15, 0.2) is 30.3 Å². The van der Waals surface area contributed by atoms with Gasteiger partial charge in [0.25, 0.3) is 0 Å². The van der Waals surface area contributed by atoms with Crippen molar-refractivity contribution in [2.75, 3.05) is 34.0 Å². The van der Waals surface area contributed by atoms with Gasteiger partial charge in [-0.1, -0.05) is 6.07 Å². The first-order valence-electron chi connectivity index (χ1n) is 12.3. The fraction of sp³-hybridized carbons (Fsp3) is 0.538. The molecule has 9 atom stereocenters. The second kappa shape index (κ2) is 12.2. The lowest BCUT2D eigenvalue weighted by Gasteiger charge is -2.41. The molecule has 216 valence electrons. The number of hydrogen-bond acceptors (Lipinski definition) is 13. The Labute approximate surface area is 224 Å². The lowest BCUT2D eigenvalue weighted by atomic mass is 9.89. The van der Waals surface area contributed by atoms with Gasteiger partial charge in [-0.05, 0) is 35.4 Å². The number of fused-ring (bicyclic) bond motifs is 1. The summed E-state index contributed by atoms with van der Waals surface area (Å²) in [4.78, 5) is 0. The van der Waals surface area contributed by atoms with Gasteiger partial charge in [0.2, 0.25) is 0 Å². The zero-order chi connectivity index (χ0) is 28.4. The molecule has 0 radical (unpaired) electrons. The van der Waals surface area contributed by atoms with Crippen LogP contribution in [0.1, 0.15) is 34.8 Å². The molecule has 0 amide bonds. The summed E-state index contributed by atoms with van der Waals surface area (Å²) in [5.74, 6) is 0.129. The smallest absolute Gasteiger partial charge is 0.187 e. The second-order valence-corrected chi connectivity index (χ2v) is 9.40. The summed E-state index contributed by atoms with van der Waals surface area (Å²) in [6.45, 7) is -1.74. The van der Waals surface area contributed by atoms with Crippen LogP contribution in [0, 0.1) is 0 Å². The predicted octanol–water partition coefficient (Wildman–Crippen LogP) is -1.17. The summed E-state index contributed by atoms with van der Waals surface area (Å²) in [7, 11) is 2.81. The highest BCUT2D eigenvalue weighted by Crippen LogP contribution is 2.52. The van der Waals surface area contributed by atoms with Crippen molar-refractivity contribution in [1.82, 2.24) is 0 Å². The molecule has 4 rings (SSSR count). The fourth-order valence-electron chi connectivity index (χ4n) is 4.89. The monoisotopic (exact) mass is 554 g/mol. The van der Waals surface area contributed by atoms with Crippen LogP contribution in [0.4, 0.5) is 0 Å². The van der Waals surface area contributed by atoms with Crippen molar-refractivity contribution < 1.29 is 64.5 Å². The van der Waals surface area contributed by atoms with E-state index in [0.29, 0.717) is 16.9 Å². The number of methoxy groups -OCH3 is 2. The number of aliphatic hydroxyl groups excluding tert-OH is 7. The maximum atomic E-state index is 11.1. The van der Waals surface area contributed by atoms with E-state index in [1.807, 2.05) is 0 Å². The summed E-state index contributed by atoms with van der Waals surface area (Å²) in [6.07, 6.45) is -11.4. The Kier molecular flexibility index (Phi) is 9.16. The van der Waals surface area contributed by atoms with Gasteiger partial charge in [-0.2, -0.15) is 0 Å². The van der Waals surface area contributed by atoms with Crippen LogP contribution in [-0.2, 0) is 9.47 Å². The standard InChI is InChI=1S/C26H34O13/c1-35-16-6-11(3-4-15(16)30)24-14(8-27)13-5-12(7-17(36-2)25(13)39-24)20(31)18(9-28)37-26-23(34)22(33)21(32)19(10-29)38-26/h3-7,14,18-24,26-34H,8-10H2,1-2H3/t14-,18-,19+,20+,21+,22-,23+,24+,26+/m0/s1. The molecular formula is C26H34O13. The third-order valence-corrected chi connectivity index (χ3v) is 7.10. The second-order valence-electron chi connectivity index (χ2n) is 9.40. The zero-order valence-electron chi connectivity index (χ0n) is 21.3. The summed E-state index contributed by atoms with van der Waals surface area (Å²) in [6, 6.07) is 7.71. The number of ether oxygens (including phenoxy) is 5. The molecule has 0 aliphatic carbocycles. The molecule has 1 saturated heterocycles. The maximum absolute atomic E-state index is 11.1. The van der Waals surface area contributed by atoms with Gasteiger partial charge in [0.1, 0.15) is 42.7 Å². The van der Waals surface area contributed by atoms with Crippen molar-refractivity contribution in [3.8, 4) is 23.0 Å². The number of phenols is 1. The molecule has 1 fully saturated rings. The first kappa shape index (κ1) is 29.3. The number of rotatable bonds is 10. The molecule has 0 saturated carbocycles. The van der Waals surface area contributed by atoms with Gasteiger partial charge < -0.3 is 64.5 Å². The molecule has 13 heteroatoms. The van der Waals surface area contributed by atoms with E-state index in [1.54, 1.807) is 18.2 Å². The Hall–Kier alpha value is -2.72. The van der Waals surface area contributed by atoms with E-state index in [-0.39, 0.29) is 29.4 Å². The van der Waals surface area contributed by atoms with Crippen LogP contribution in [0.3, 0.4) is 0 Å². The maximum Gasteiger partial charge on any atom is 0.187 e. The van der Waals surface area contributed by atoms with Crippen LogP contribution < -0.4 is 14.2 Å². The van der Waals surface area contributed by atoms with Crippen molar-refractivity contribution in [2.24, 2.45) is 0 Å². The summed E-state index contributed by atoms with van der Waals surface area (Å²) < 4.78 is 27.7. The highest BCUT2D eigenvalue weighted by atomic mass is 16.7. The lowest BCUT2D eigenvalue weighted by molar-refractivity contribution is -0.319. The van der Waals surface area contributed by atoms with Crippen LogP contribution >= 0.6 is 0 Å². The molecule has 13 nitrogen and oxygen atoms in total. The van der Waals surface area contributed by atoms with Gasteiger partial charge in [0.05, 0.1) is 40.0 Å². The van der Waals surface area contributed by atoms with Crippen molar-refractivity contribution in [2.45, 2.75) is 54.9 Å². The third kappa shape index (κ3) is 5.50. The average Bonchev–Trinajstić information content (AvgIpc) is 3.33. The largest absolute Gasteiger partial charge is 0.504 e. The zero-order valence-corrected chi connectivity index (χ0v) is 21.3. The van der Waals surface area contributed by atoms with Crippen molar-refractivity contribution in [3.05, 3.63) is 47.0 Å². The molecule has 0 aromatic heterocycles. The average molecular weight is 555 g/mol. The van der Waals surface area contributed by atoms with E-state index in [2.05, 4.69) is 0 Å². The Morgan fingerprint density at radius 1 is 0.897 bits per heavy atom. The minimum absolute atomic E-state index is 0.0604. The van der Waals surface area contributed by atoms with Crippen molar-refractivity contribution in [1.29, 1.82) is 0 Å². The molecule has 39 heavy (non-hydrogen) atoms. The number of benzene rings is 2. The minimum atomic E-state index is -1.73.